The van der Waals surface area contributed by atoms with E-state index in [9.17, 15) is 9.59 Å². The van der Waals surface area contributed by atoms with Crippen molar-refractivity contribution < 1.29 is 18.7 Å². The molecule has 0 radical (unpaired) electrons. The van der Waals surface area contributed by atoms with Crippen LogP contribution >= 0.6 is 0 Å². The Morgan fingerprint density at radius 2 is 1.81 bits per heavy atom. The first-order valence-corrected chi connectivity index (χ1v) is 12.7. The number of carbonyl (C=O) groups excluding carboxylic acids is 2. The molecule has 9 heteroatoms. The van der Waals surface area contributed by atoms with E-state index in [1.54, 1.807) is 12.3 Å². The van der Waals surface area contributed by atoms with Crippen LogP contribution in [0.1, 0.15) is 44.7 Å². The quantitative estimate of drug-likeness (QED) is 0.276. The summed E-state index contributed by atoms with van der Waals surface area (Å²) in [5.41, 5.74) is 3.98. The number of aryl methyl sites for hydroxylation is 1. The highest BCUT2D eigenvalue weighted by Gasteiger charge is 2.14. The normalized spacial score (nSPS) is 11.7. The van der Waals surface area contributed by atoms with Crippen molar-refractivity contribution in [2.24, 2.45) is 0 Å². The number of aromatic nitrogens is 1. The highest BCUT2D eigenvalue weighted by atomic mass is 16.6. The second kappa shape index (κ2) is 14.0. The lowest BCUT2D eigenvalue weighted by molar-refractivity contribution is 0.0825. The molecule has 3 rings (SSSR count). The van der Waals surface area contributed by atoms with Crippen LogP contribution in [0.25, 0.3) is 11.3 Å². The van der Waals surface area contributed by atoms with Gasteiger partial charge in [0.1, 0.15) is 6.10 Å². The van der Waals surface area contributed by atoms with Crippen LogP contribution < -0.4 is 16.0 Å². The Kier molecular flexibility index (Phi) is 10.5. The first-order chi connectivity index (χ1) is 17.9. The minimum absolute atomic E-state index is 0.120. The topological polar surface area (TPSA) is 109 Å². The molecule has 1 heterocycles. The number of carbonyl (C=O) groups is 2. The minimum atomic E-state index is -0.438. The molecule has 0 spiro atoms. The average molecular weight is 508 g/mol. The Morgan fingerprint density at radius 3 is 2.46 bits per heavy atom. The Hall–Kier alpha value is -3.85. The lowest BCUT2D eigenvalue weighted by atomic mass is 10.1. The van der Waals surface area contributed by atoms with E-state index in [1.165, 1.54) is 6.39 Å². The number of nitrogens with one attached hydrogen (secondary N) is 3. The molecule has 0 aliphatic carbocycles. The predicted molar refractivity (Wildman–Crippen MR) is 146 cm³/mol. The van der Waals surface area contributed by atoms with Gasteiger partial charge in [0.05, 0.1) is 6.20 Å². The molecule has 0 saturated carbocycles. The van der Waals surface area contributed by atoms with Gasteiger partial charge in [0.15, 0.2) is 12.2 Å². The van der Waals surface area contributed by atoms with Gasteiger partial charge in [0.25, 0.3) is 0 Å². The van der Waals surface area contributed by atoms with Crippen LogP contribution in [0.4, 0.5) is 21.0 Å². The smallest absolute Gasteiger partial charge is 0.407 e. The second-order valence-corrected chi connectivity index (χ2v) is 8.78. The van der Waals surface area contributed by atoms with Crippen molar-refractivity contribution in [3.8, 4) is 11.3 Å². The Bertz CT molecular complexity index is 1150. The summed E-state index contributed by atoms with van der Waals surface area (Å²) in [6, 6.07) is 12.5. The van der Waals surface area contributed by atoms with Crippen LogP contribution in [-0.2, 0) is 11.3 Å². The highest BCUT2D eigenvalue weighted by Crippen LogP contribution is 2.25. The summed E-state index contributed by atoms with van der Waals surface area (Å²) in [6.45, 7) is 11.4. The number of anilines is 2. The molecule has 9 nitrogen and oxygen atoms in total. The van der Waals surface area contributed by atoms with E-state index in [0.29, 0.717) is 23.7 Å². The van der Waals surface area contributed by atoms with Gasteiger partial charge >= 0.3 is 12.1 Å². The number of ether oxygens (including phenoxy) is 1. The summed E-state index contributed by atoms with van der Waals surface area (Å²) < 4.78 is 10.9. The van der Waals surface area contributed by atoms with E-state index in [0.717, 1.165) is 49.2 Å². The molecule has 0 aliphatic heterocycles. The molecule has 1 aromatic heterocycles. The molecule has 3 aromatic rings. The maximum atomic E-state index is 12.5. The molecule has 0 unspecified atom stereocenters. The van der Waals surface area contributed by atoms with Gasteiger partial charge in [-0.05, 0) is 74.3 Å². The number of urea groups is 1. The van der Waals surface area contributed by atoms with Crippen molar-refractivity contribution in [1.82, 2.24) is 15.2 Å². The zero-order chi connectivity index (χ0) is 26.6. The highest BCUT2D eigenvalue weighted by molar-refractivity contribution is 6.00. The molecular formula is C28H37N5O4. The molecule has 198 valence electrons. The third-order valence-electron chi connectivity index (χ3n) is 6.19. The van der Waals surface area contributed by atoms with E-state index in [1.807, 2.05) is 50.2 Å². The molecule has 3 N–H and O–H groups in total. The summed E-state index contributed by atoms with van der Waals surface area (Å²) in [5, 5.41) is 8.48. The Balaban J connectivity index is 1.48. The van der Waals surface area contributed by atoms with E-state index >= 15 is 0 Å². The molecule has 0 bridgehead atoms. The largest absolute Gasteiger partial charge is 0.446 e. The number of alkyl carbamates (subject to hydrolysis) is 1. The Labute approximate surface area is 218 Å². The molecule has 37 heavy (non-hydrogen) atoms. The van der Waals surface area contributed by atoms with Crippen LogP contribution in [0.5, 0.6) is 0 Å². The van der Waals surface area contributed by atoms with Gasteiger partial charge in [0.2, 0.25) is 0 Å². The van der Waals surface area contributed by atoms with Crippen molar-refractivity contribution in [3.05, 3.63) is 66.2 Å². The van der Waals surface area contributed by atoms with E-state index in [4.69, 9.17) is 9.15 Å². The number of benzene rings is 2. The van der Waals surface area contributed by atoms with Crippen molar-refractivity contribution in [2.45, 2.75) is 53.2 Å². The number of hydrogen-bond acceptors (Lipinski definition) is 6. The summed E-state index contributed by atoms with van der Waals surface area (Å²) in [6.07, 6.45) is 4.06. The number of nitrogens with zero attached hydrogens (tertiary/aromatic N) is 2. The number of oxazole rings is 1. The monoisotopic (exact) mass is 507 g/mol. The molecule has 1 atom stereocenters. The minimum Gasteiger partial charge on any atom is -0.446 e. The standard InChI is InChI=1S/C28H37N5O4/c1-5-24(13-14-33(6-2)7-3)37-28(35)30-17-21-9-8-10-22(16-21)31-27(34)32-23-11-12-25(20(4)15-23)26-18-29-19-36-26/h8-12,15-16,18-19,24H,5-7,13-14,17H2,1-4H3,(H,30,35)(H2,31,32,34)/t24-/m1/s1. The zero-order valence-corrected chi connectivity index (χ0v) is 22.0. The molecule has 0 saturated heterocycles. The summed E-state index contributed by atoms with van der Waals surface area (Å²) in [4.78, 5) is 31.1. The van der Waals surface area contributed by atoms with Gasteiger partial charge in [-0.1, -0.05) is 32.9 Å². The molecule has 2 aromatic carbocycles. The van der Waals surface area contributed by atoms with E-state index < -0.39 is 6.09 Å². The van der Waals surface area contributed by atoms with Crippen LogP contribution in [0, 0.1) is 6.92 Å². The lowest BCUT2D eigenvalue weighted by Gasteiger charge is -2.22. The number of hydrogen-bond donors (Lipinski definition) is 3. The van der Waals surface area contributed by atoms with Crippen LogP contribution in [0.15, 0.2) is 59.5 Å². The van der Waals surface area contributed by atoms with Crippen LogP contribution in [-0.4, -0.2) is 47.7 Å². The molecule has 0 fully saturated rings. The first kappa shape index (κ1) is 27.7. The zero-order valence-electron chi connectivity index (χ0n) is 22.0. The summed E-state index contributed by atoms with van der Waals surface area (Å²) >= 11 is 0. The van der Waals surface area contributed by atoms with E-state index in [2.05, 4.69) is 39.7 Å². The van der Waals surface area contributed by atoms with Crippen LogP contribution in [0.3, 0.4) is 0 Å². The SMILES string of the molecule is CC[C@H](CCN(CC)CC)OC(=O)NCc1cccc(NC(=O)Nc2ccc(-c3cnco3)c(C)c2)c1. The molecular weight excluding hydrogens is 470 g/mol. The van der Waals surface area contributed by atoms with Crippen LogP contribution in [0.2, 0.25) is 0 Å². The maximum absolute atomic E-state index is 12.5. The predicted octanol–water partition coefficient (Wildman–Crippen LogP) is 6.03. The fraction of sp³-hybridized carbons (Fsp3) is 0.393. The van der Waals surface area contributed by atoms with Crippen molar-refractivity contribution in [1.29, 1.82) is 0 Å². The number of rotatable bonds is 12. The summed E-state index contributed by atoms with van der Waals surface area (Å²) in [5.74, 6) is 0.674. The Morgan fingerprint density at radius 1 is 1.05 bits per heavy atom. The third-order valence-corrected chi connectivity index (χ3v) is 6.19. The van der Waals surface area contributed by atoms with Gasteiger partial charge in [-0.2, -0.15) is 0 Å². The first-order valence-electron chi connectivity index (χ1n) is 12.7. The van der Waals surface area contributed by atoms with Crippen molar-refractivity contribution in [3.63, 3.8) is 0 Å². The fourth-order valence-corrected chi connectivity index (χ4v) is 4.00. The average Bonchev–Trinajstić information content (AvgIpc) is 3.42. The van der Waals surface area contributed by atoms with Gasteiger partial charge in [-0.25, -0.2) is 14.6 Å². The second-order valence-electron chi connectivity index (χ2n) is 8.78. The van der Waals surface area contributed by atoms with Crippen molar-refractivity contribution in [2.75, 3.05) is 30.3 Å². The van der Waals surface area contributed by atoms with Crippen molar-refractivity contribution >= 4 is 23.5 Å². The van der Waals surface area contributed by atoms with Gasteiger partial charge in [-0.15, -0.1) is 0 Å². The fourth-order valence-electron chi connectivity index (χ4n) is 4.00. The third kappa shape index (κ3) is 8.64. The summed E-state index contributed by atoms with van der Waals surface area (Å²) in [7, 11) is 0. The molecule has 3 amide bonds. The van der Waals surface area contributed by atoms with Gasteiger partial charge < -0.3 is 30.0 Å². The lowest BCUT2D eigenvalue weighted by Crippen LogP contribution is -2.32. The number of amides is 3. The maximum Gasteiger partial charge on any atom is 0.407 e. The van der Waals surface area contributed by atoms with Gasteiger partial charge in [0, 0.05) is 30.0 Å². The van der Waals surface area contributed by atoms with E-state index in [-0.39, 0.29) is 12.1 Å². The van der Waals surface area contributed by atoms with Gasteiger partial charge in [-0.3, -0.25) is 0 Å². The molecule has 0 aliphatic rings.